The van der Waals surface area contributed by atoms with Gasteiger partial charge in [-0.2, -0.15) is 0 Å². The van der Waals surface area contributed by atoms with E-state index in [-0.39, 0.29) is 23.5 Å². The fourth-order valence-electron chi connectivity index (χ4n) is 3.32. The zero-order chi connectivity index (χ0) is 18.9. The Labute approximate surface area is 155 Å². The van der Waals surface area contributed by atoms with Gasteiger partial charge < -0.3 is 15.1 Å². The highest BCUT2D eigenvalue weighted by Gasteiger charge is 2.27. The molecule has 144 valence electrons. The molecule has 0 unspecified atom stereocenters. The van der Waals surface area contributed by atoms with Crippen molar-refractivity contribution >= 4 is 11.8 Å². The van der Waals surface area contributed by atoms with Gasteiger partial charge in [0.1, 0.15) is 5.82 Å². The fraction of sp³-hybridized carbons (Fsp3) is 0.600. The molecule has 1 aromatic rings. The average Bonchev–Trinajstić information content (AvgIpc) is 2.68. The first-order valence-electron chi connectivity index (χ1n) is 9.60. The van der Waals surface area contributed by atoms with E-state index in [1.54, 1.807) is 4.90 Å². The summed E-state index contributed by atoms with van der Waals surface area (Å²) in [6.07, 6.45) is 2.30. The summed E-state index contributed by atoms with van der Waals surface area (Å²) in [6.45, 7) is 9.17. The standard InChI is InChI=1S/C20H30FN3O2/c1-3-23(4-2)13-5-12-22-19(25)16-10-14-24(15-11-16)20(26)17-6-8-18(21)9-7-17/h6-9,16H,3-5,10-15H2,1-2H3,(H,22,25). The van der Waals surface area contributed by atoms with Crippen LogP contribution in [-0.4, -0.2) is 60.9 Å². The number of carbonyl (C=O) groups is 2. The molecule has 0 radical (unpaired) electrons. The molecule has 0 bridgehead atoms. The van der Waals surface area contributed by atoms with Crippen LogP contribution in [0.4, 0.5) is 4.39 Å². The number of piperidine rings is 1. The number of amides is 2. The Hall–Kier alpha value is -1.95. The van der Waals surface area contributed by atoms with E-state index in [0.29, 0.717) is 38.0 Å². The second kappa shape index (κ2) is 10.3. The Morgan fingerprint density at radius 1 is 1.15 bits per heavy atom. The maximum atomic E-state index is 13.0. The van der Waals surface area contributed by atoms with E-state index in [1.807, 2.05) is 0 Å². The first kappa shape index (κ1) is 20.4. The number of carbonyl (C=O) groups excluding carboxylic acids is 2. The first-order valence-corrected chi connectivity index (χ1v) is 9.60. The van der Waals surface area contributed by atoms with Gasteiger partial charge in [-0.1, -0.05) is 13.8 Å². The topological polar surface area (TPSA) is 52.7 Å². The molecule has 1 N–H and O–H groups in total. The van der Waals surface area contributed by atoms with Gasteiger partial charge in [-0.05, 0) is 63.2 Å². The minimum Gasteiger partial charge on any atom is -0.356 e. The zero-order valence-corrected chi connectivity index (χ0v) is 15.8. The second-order valence-electron chi connectivity index (χ2n) is 6.74. The highest BCUT2D eigenvalue weighted by Crippen LogP contribution is 2.19. The van der Waals surface area contributed by atoms with Gasteiger partial charge in [-0.3, -0.25) is 9.59 Å². The zero-order valence-electron chi connectivity index (χ0n) is 15.8. The summed E-state index contributed by atoms with van der Waals surface area (Å²) in [5, 5.41) is 3.03. The first-order chi connectivity index (χ1) is 12.5. The maximum Gasteiger partial charge on any atom is 0.253 e. The minimum absolute atomic E-state index is 0.0271. The van der Waals surface area contributed by atoms with Crippen molar-refractivity contribution in [2.24, 2.45) is 5.92 Å². The SMILES string of the molecule is CCN(CC)CCCNC(=O)C1CCN(C(=O)c2ccc(F)cc2)CC1. The van der Waals surface area contributed by atoms with Crippen molar-refractivity contribution in [3.63, 3.8) is 0 Å². The highest BCUT2D eigenvalue weighted by atomic mass is 19.1. The number of rotatable bonds is 8. The summed E-state index contributed by atoms with van der Waals surface area (Å²) in [6, 6.07) is 5.61. The van der Waals surface area contributed by atoms with Crippen LogP contribution in [0.3, 0.4) is 0 Å². The molecule has 0 atom stereocenters. The molecule has 1 aromatic carbocycles. The van der Waals surface area contributed by atoms with E-state index in [0.717, 1.165) is 26.1 Å². The van der Waals surface area contributed by atoms with Gasteiger partial charge in [-0.25, -0.2) is 4.39 Å². The number of benzene rings is 1. The summed E-state index contributed by atoms with van der Waals surface area (Å²) in [5.74, 6) is -0.375. The predicted molar refractivity (Wildman–Crippen MR) is 100 cm³/mol. The number of likely N-dealkylation sites (tertiary alicyclic amines) is 1. The number of nitrogens with one attached hydrogen (secondary N) is 1. The van der Waals surface area contributed by atoms with E-state index in [4.69, 9.17) is 0 Å². The van der Waals surface area contributed by atoms with Crippen LogP contribution < -0.4 is 5.32 Å². The fourth-order valence-corrected chi connectivity index (χ4v) is 3.32. The Balaban J connectivity index is 1.71. The van der Waals surface area contributed by atoms with Crippen molar-refractivity contribution in [3.05, 3.63) is 35.6 Å². The van der Waals surface area contributed by atoms with Crippen LogP contribution in [0.2, 0.25) is 0 Å². The molecule has 0 spiro atoms. The molecule has 1 aliphatic rings. The van der Waals surface area contributed by atoms with Gasteiger partial charge in [0.2, 0.25) is 5.91 Å². The Morgan fingerprint density at radius 3 is 2.35 bits per heavy atom. The number of hydrogen-bond donors (Lipinski definition) is 1. The molecule has 1 fully saturated rings. The molecular formula is C20H30FN3O2. The average molecular weight is 363 g/mol. The van der Waals surface area contributed by atoms with Crippen LogP contribution in [0.1, 0.15) is 43.5 Å². The van der Waals surface area contributed by atoms with Gasteiger partial charge >= 0.3 is 0 Å². The van der Waals surface area contributed by atoms with E-state index >= 15 is 0 Å². The molecule has 0 saturated carbocycles. The molecule has 2 rings (SSSR count). The van der Waals surface area contributed by atoms with E-state index < -0.39 is 0 Å². The summed E-state index contributed by atoms with van der Waals surface area (Å²) in [4.78, 5) is 28.8. The smallest absolute Gasteiger partial charge is 0.253 e. The maximum absolute atomic E-state index is 13.0. The lowest BCUT2D eigenvalue weighted by molar-refractivity contribution is -0.126. The van der Waals surface area contributed by atoms with Gasteiger partial charge in [0.05, 0.1) is 0 Å². The van der Waals surface area contributed by atoms with Crippen LogP contribution in [-0.2, 0) is 4.79 Å². The third-order valence-corrected chi connectivity index (χ3v) is 5.09. The van der Waals surface area contributed by atoms with Crippen LogP contribution in [0.5, 0.6) is 0 Å². The molecule has 26 heavy (non-hydrogen) atoms. The quantitative estimate of drug-likeness (QED) is 0.722. The number of hydrogen-bond acceptors (Lipinski definition) is 3. The van der Waals surface area contributed by atoms with E-state index in [9.17, 15) is 14.0 Å². The van der Waals surface area contributed by atoms with E-state index in [2.05, 4.69) is 24.1 Å². The lowest BCUT2D eigenvalue weighted by atomic mass is 9.95. The second-order valence-corrected chi connectivity index (χ2v) is 6.74. The van der Waals surface area contributed by atoms with E-state index in [1.165, 1.54) is 24.3 Å². The van der Waals surface area contributed by atoms with Gasteiger partial charge in [0, 0.05) is 31.1 Å². The van der Waals surface area contributed by atoms with Crippen LogP contribution in [0.15, 0.2) is 24.3 Å². The molecule has 1 aliphatic heterocycles. The van der Waals surface area contributed by atoms with Crippen LogP contribution in [0, 0.1) is 11.7 Å². The molecular weight excluding hydrogens is 333 g/mol. The summed E-state index contributed by atoms with van der Waals surface area (Å²) in [7, 11) is 0. The van der Waals surface area contributed by atoms with Crippen LogP contribution in [0.25, 0.3) is 0 Å². The van der Waals surface area contributed by atoms with Gasteiger partial charge in [0.25, 0.3) is 5.91 Å². The molecule has 6 heteroatoms. The van der Waals surface area contributed by atoms with Crippen molar-refractivity contribution < 1.29 is 14.0 Å². The number of halogens is 1. The largest absolute Gasteiger partial charge is 0.356 e. The molecule has 2 amide bonds. The normalized spacial score (nSPS) is 15.3. The molecule has 1 saturated heterocycles. The highest BCUT2D eigenvalue weighted by molar-refractivity contribution is 5.94. The molecule has 0 aromatic heterocycles. The molecule has 0 aliphatic carbocycles. The lowest BCUT2D eigenvalue weighted by Crippen LogP contribution is -2.43. The molecule has 5 nitrogen and oxygen atoms in total. The monoisotopic (exact) mass is 363 g/mol. The Kier molecular flexibility index (Phi) is 8.04. The van der Waals surface area contributed by atoms with Crippen molar-refractivity contribution in [3.8, 4) is 0 Å². The van der Waals surface area contributed by atoms with Crippen molar-refractivity contribution in [1.29, 1.82) is 0 Å². The third kappa shape index (κ3) is 5.80. The lowest BCUT2D eigenvalue weighted by Gasteiger charge is -2.31. The third-order valence-electron chi connectivity index (χ3n) is 5.09. The minimum atomic E-state index is -0.349. The summed E-state index contributed by atoms with van der Waals surface area (Å²) < 4.78 is 13.0. The van der Waals surface area contributed by atoms with Crippen molar-refractivity contribution in [1.82, 2.24) is 15.1 Å². The van der Waals surface area contributed by atoms with Crippen LogP contribution >= 0.6 is 0 Å². The summed E-state index contributed by atoms with van der Waals surface area (Å²) in [5.41, 5.74) is 0.491. The Morgan fingerprint density at radius 2 is 1.77 bits per heavy atom. The Bertz CT molecular complexity index is 579. The summed E-state index contributed by atoms with van der Waals surface area (Å²) >= 11 is 0. The molecule has 1 heterocycles. The van der Waals surface area contributed by atoms with Crippen molar-refractivity contribution in [2.45, 2.75) is 33.1 Å². The number of nitrogens with zero attached hydrogens (tertiary/aromatic N) is 2. The van der Waals surface area contributed by atoms with Crippen molar-refractivity contribution in [2.75, 3.05) is 39.3 Å². The predicted octanol–water partition coefficient (Wildman–Crippen LogP) is 2.53. The van der Waals surface area contributed by atoms with Gasteiger partial charge in [0.15, 0.2) is 0 Å². The van der Waals surface area contributed by atoms with Gasteiger partial charge in [-0.15, -0.1) is 0 Å².